The Morgan fingerprint density at radius 3 is 1.94 bits per heavy atom. The first kappa shape index (κ1) is 38.5. The number of carboxylic acids is 1. The van der Waals surface area contributed by atoms with Gasteiger partial charge in [-0.15, -0.1) is 0 Å². The summed E-state index contributed by atoms with van der Waals surface area (Å²) in [6, 6.07) is 7.23. The molecular weight excluding hydrogens is 632 g/mol. The van der Waals surface area contributed by atoms with E-state index in [4.69, 9.17) is 5.73 Å². The zero-order valence-electron chi connectivity index (χ0n) is 28.4. The molecule has 6 atom stereocenters. The van der Waals surface area contributed by atoms with Gasteiger partial charge in [0.1, 0.15) is 29.9 Å². The topological polar surface area (TPSA) is 236 Å². The maximum atomic E-state index is 13.7. The Hall–Kier alpha value is -4.95. The number of phenols is 1. The molecule has 0 unspecified atom stereocenters. The molecule has 3 aromatic rings. The number of aliphatic hydroxyl groups is 1. The van der Waals surface area contributed by atoms with Crippen molar-refractivity contribution in [2.45, 2.75) is 90.2 Å². The van der Waals surface area contributed by atoms with Crippen LogP contribution in [0.5, 0.6) is 5.75 Å². The number of nitrogens with one attached hydrogen (secondary N) is 5. The fourth-order valence-corrected chi connectivity index (χ4v) is 5.38. The van der Waals surface area contributed by atoms with E-state index in [2.05, 4.69) is 26.3 Å². The molecule has 0 saturated heterocycles. The Bertz CT molecular complexity index is 1600. The summed E-state index contributed by atoms with van der Waals surface area (Å²) in [5, 5.41) is 41.0. The van der Waals surface area contributed by atoms with Crippen molar-refractivity contribution in [1.82, 2.24) is 26.3 Å². The molecule has 266 valence electrons. The van der Waals surface area contributed by atoms with Gasteiger partial charge in [-0.05, 0) is 60.9 Å². The average Bonchev–Trinajstić information content (AvgIpc) is 3.44. The van der Waals surface area contributed by atoms with Gasteiger partial charge in [0.05, 0.1) is 12.1 Å². The number of fused-ring (bicyclic) bond motifs is 1. The molecule has 4 amide bonds. The summed E-state index contributed by atoms with van der Waals surface area (Å²) < 4.78 is 0. The van der Waals surface area contributed by atoms with Gasteiger partial charge >= 0.3 is 5.97 Å². The van der Waals surface area contributed by atoms with Crippen LogP contribution in [0.3, 0.4) is 0 Å². The highest BCUT2D eigenvalue weighted by Crippen LogP contribution is 2.19. The number of hydrogen-bond donors (Lipinski definition) is 9. The molecule has 3 rings (SSSR count). The second-order valence-electron chi connectivity index (χ2n) is 13.1. The standard InChI is InChI=1S/C35H48N6O8/c1-18(2)14-28(35(48)49)39-33(46)29(19(3)4)40-32(45)27(15-21-10-12-23(43)13-11-21)38-34(47)30(20(5)42)41-31(44)25(36)16-22-17-37-26-9-7-6-8-24(22)26/h6-13,17-20,25,27-30,37,42-43H,14-16,36H2,1-5H3,(H,38,47)(H,39,46)(H,40,45)(H,41,44)(H,48,49)/t20-,25+,27+,28+,29+,30+/m1/s1. The van der Waals surface area contributed by atoms with Crippen molar-refractivity contribution in [3.63, 3.8) is 0 Å². The van der Waals surface area contributed by atoms with E-state index in [0.29, 0.717) is 5.56 Å². The summed E-state index contributed by atoms with van der Waals surface area (Å²) in [7, 11) is 0. The number of carbonyl (C=O) groups is 5. The van der Waals surface area contributed by atoms with Crippen LogP contribution in [0.1, 0.15) is 52.2 Å². The van der Waals surface area contributed by atoms with Crippen molar-refractivity contribution >= 4 is 40.5 Å². The molecule has 10 N–H and O–H groups in total. The van der Waals surface area contributed by atoms with E-state index in [9.17, 15) is 39.3 Å². The van der Waals surface area contributed by atoms with Crippen LogP contribution in [0.4, 0.5) is 0 Å². The summed E-state index contributed by atoms with van der Waals surface area (Å²) in [6.45, 7) is 8.30. The number of phenolic OH excluding ortho intramolecular Hbond substituents is 1. The minimum atomic E-state index is -1.49. The van der Waals surface area contributed by atoms with E-state index in [1.807, 2.05) is 38.1 Å². The van der Waals surface area contributed by atoms with Crippen molar-refractivity contribution in [2.24, 2.45) is 17.6 Å². The number of rotatable bonds is 17. The zero-order valence-corrected chi connectivity index (χ0v) is 28.4. The first-order valence-electron chi connectivity index (χ1n) is 16.3. The second-order valence-corrected chi connectivity index (χ2v) is 13.1. The highest BCUT2D eigenvalue weighted by Gasteiger charge is 2.34. The van der Waals surface area contributed by atoms with E-state index < -0.39 is 71.8 Å². The van der Waals surface area contributed by atoms with Crippen molar-refractivity contribution < 1.29 is 39.3 Å². The van der Waals surface area contributed by atoms with E-state index in [0.717, 1.165) is 16.5 Å². The number of aliphatic hydroxyl groups excluding tert-OH is 1. The Balaban J connectivity index is 1.79. The van der Waals surface area contributed by atoms with Gasteiger partial charge in [-0.25, -0.2) is 4.79 Å². The van der Waals surface area contributed by atoms with Crippen LogP contribution in [0.15, 0.2) is 54.7 Å². The molecule has 0 aliphatic carbocycles. The molecule has 0 aliphatic heterocycles. The lowest BCUT2D eigenvalue weighted by Crippen LogP contribution is -2.61. The number of aromatic hydroxyl groups is 1. The molecule has 2 aromatic carbocycles. The molecule has 14 heteroatoms. The van der Waals surface area contributed by atoms with Gasteiger partial charge in [0, 0.05) is 23.5 Å². The van der Waals surface area contributed by atoms with Crippen molar-refractivity contribution in [2.75, 3.05) is 0 Å². The average molecular weight is 681 g/mol. The number of carboxylic acid groups (broad SMARTS) is 1. The molecular formula is C35H48N6O8. The third kappa shape index (κ3) is 11.0. The SMILES string of the molecule is CC(C)C[C@H](NC(=O)[C@@H](NC(=O)[C@H](Cc1ccc(O)cc1)NC(=O)[C@@H](NC(=O)[C@@H](N)Cc1c[nH]c2ccccc12)[C@@H](C)O)C(C)C)C(=O)O. The van der Waals surface area contributed by atoms with Gasteiger partial charge in [-0.3, -0.25) is 19.2 Å². The van der Waals surface area contributed by atoms with Crippen molar-refractivity contribution in [1.29, 1.82) is 0 Å². The summed E-state index contributed by atoms with van der Waals surface area (Å²) in [6.07, 6.45) is 0.603. The quantitative estimate of drug-likeness (QED) is 0.0991. The third-order valence-corrected chi connectivity index (χ3v) is 8.09. The Labute approximate surface area is 285 Å². The smallest absolute Gasteiger partial charge is 0.326 e. The van der Waals surface area contributed by atoms with Crippen molar-refractivity contribution in [3.8, 4) is 5.75 Å². The summed E-state index contributed by atoms with van der Waals surface area (Å²) in [4.78, 5) is 68.6. The first-order chi connectivity index (χ1) is 23.1. The summed E-state index contributed by atoms with van der Waals surface area (Å²) in [5.41, 5.74) is 8.42. The number of benzene rings is 2. The Kier molecular flexibility index (Phi) is 13.7. The largest absolute Gasteiger partial charge is 0.508 e. The predicted molar refractivity (Wildman–Crippen MR) is 183 cm³/mol. The number of nitrogens with two attached hydrogens (primary N) is 1. The number of H-pyrrole nitrogens is 1. The Morgan fingerprint density at radius 2 is 1.35 bits per heavy atom. The van der Waals surface area contributed by atoms with E-state index in [1.165, 1.54) is 19.1 Å². The molecule has 14 nitrogen and oxygen atoms in total. The van der Waals surface area contributed by atoms with Crippen LogP contribution in [-0.4, -0.2) is 86.2 Å². The maximum Gasteiger partial charge on any atom is 0.326 e. The number of amides is 4. The van der Waals surface area contributed by atoms with E-state index in [1.54, 1.807) is 32.2 Å². The molecule has 0 aliphatic rings. The number of hydrogen-bond acceptors (Lipinski definition) is 8. The minimum absolute atomic E-state index is 0.0134. The van der Waals surface area contributed by atoms with Gasteiger partial charge < -0.3 is 47.3 Å². The normalized spacial score (nSPS) is 15.1. The van der Waals surface area contributed by atoms with Crippen LogP contribution in [-0.2, 0) is 36.8 Å². The molecule has 1 heterocycles. The predicted octanol–water partition coefficient (Wildman–Crippen LogP) is 1.09. The van der Waals surface area contributed by atoms with Gasteiger partial charge in [0.2, 0.25) is 23.6 Å². The van der Waals surface area contributed by atoms with Crippen LogP contribution < -0.4 is 27.0 Å². The number of aromatic amines is 1. The minimum Gasteiger partial charge on any atom is -0.508 e. The molecule has 0 bridgehead atoms. The molecule has 1 aromatic heterocycles. The lowest BCUT2D eigenvalue weighted by atomic mass is 9.99. The van der Waals surface area contributed by atoms with E-state index in [-0.39, 0.29) is 30.9 Å². The fourth-order valence-electron chi connectivity index (χ4n) is 5.38. The summed E-state index contributed by atoms with van der Waals surface area (Å²) >= 11 is 0. The van der Waals surface area contributed by atoms with Crippen LogP contribution in [0.2, 0.25) is 0 Å². The molecule has 0 radical (unpaired) electrons. The Morgan fingerprint density at radius 1 is 0.755 bits per heavy atom. The van der Waals surface area contributed by atoms with Gasteiger partial charge in [-0.2, -0.15) is 0 Å². The van der Waals surface area contributed by atoms with Crippen LogP contribution in [0, 0.1) is 11.8 Å². The van der Waals surface area contributed by atoms with Gasteiger partial charge in [0.25, 0.3) is 0 Å². The summed E-state index contributed by atoms with van der Waals surface area (Å²) in [5.74, 6) is -4.76. The number of para-hydroxylation sites is 1. The van der Waals surface area contributed by atoms with Gasteiger partial charge in [0.15, 0.2) is 0 Å². The maximum absolute atomic E-state index is 13.7. The van der Waals surface area contributed by atoms with Crippen LogP contribution >= 0.6 is 0 Å². The van der Waals surface area contributed by atoms with Crippen molar-refractivity contribution in [3.05, 3.63) is 65.9 Å². The molecule has 0 saturated carbocycles. The lowest BCUT2D eigenvalue weighted by Gasteiger charge is -2.28. The highest BCUT2D eigenvalue weighted by molar-refractivity contribution is 5.96. The first-order valence-corrected chi connectivity index (χ1v) is 16.3. The van der Waals surface area contributed by atoms with Gasteiger partial charge in [-0.1, -0.05) is 58.0 Å². The number of aliphatic carboxylic acids is 1. The highest BCUT2D eigenvalue weighted by atomic mass is 16.4. The molecule has 0 spiro atoms. The monoisotopic (exact) mass is 680 g/mol. The van der Waals surface area contributed by atoms with E-state index >= 15 is 0 Å². The number of aromatic nitrogens is 1. The lowest BCUT2D eigenvalue weighted by molar-refractivity contribution is -0.143. The molecule has 49 heavy (non-hydrogen) atoms. The number of carbonyl (C=O) groups excluding carboxylic acids is 4. The fraction of sp³-hybridized carbons (Fsp3) is 0.457. The molecule has 0 fully saturated rings. The second kappa shape index (κ2) is 17.4. The third-order valence-electron chi connectivity index (χ3n) is 8.09. The zero-order chi connectivity index (χ0) is 36.4. The van der Waals surface area contributed by atoms with Crippen LogP contribution in [0.25, 0.3) is 10.9 Å².